The van der Waals surface area contributed by atoms with Gasteiger partial charge in [-0.15, -0.1) is 11.3 Å². The number of anilines is 1. The number of nitrogens with zero attached hydrogens (tertiary/aromatic N) is 2. The van der Waals surface area contributed by atoms with E-state index in [1.807, 2.05) is 36.1 Å². The molecule has 3 heterocycles. The number of fused-ring (bicyclic) bond motifs is 1. The Hall–Kier alpha value is -2.93. The quantitative estimate of drug-likeness (QED) is 0.183. The molecule has 2 atom stereocenters. The van der Waals surface area contributed by atoms with Gasteiger partial charge in [-0.1, -0.05) is 35.9 Å². The van der Waals surface area contributed by atoms with Crippen molar-refractivity contribution >= 4 is 56.4 Å². The summed E-state index contributed by atoms with van der Waals surface area (Å²) in [7, 11) is 0. The van der Waals surface area contributed by atoms with Crippen molar-refractivity contribution in [1.82, 2.24) is 9.80 Å². The average molecular weight is 714 g/mol. The average Bonchev–Trinajstić information content (AvgIpc) is 3.90. The summed E-state index contributed by atoms with van der Waals surface area (Å²) in [4.78, 5) is 44.7. The van der Waals surface area contributed by atoms with E-state index >= 15 is 4.39 Å². The van der Waals surface area contributed by atoms with Gasteiger partial charge >= 0.3 is 5.97 Å². The maximum atomic E-state index is 16.1. The van der Waals surface area contributed by atoms with Gasteiger partial charge in [0, 0.05) is 48.1 Å². The number of thiophene rings is 1. The first-order valence-electron chi connectivity index (χ1n) is 17.5. The molecule has 6 rings (SSSR count). The molecule has 2 aromatic carbocycles. The third-order valence-electron chi connectivity index (χ3n) is 9.96. The second-order valence-corrected chi connectivity index (χ2v) is 14.3. The molecule has 0 bridgehead atoms. The van der Waals surface area contributed by atoms with Crippen LogP contribution < -0.4 is 5.32 Å². The first-order chi connectivity index (χ1) is 23.8. The topological polar surface area (TPSA) is 97.4 Å². The van der Waals surface area contributed by atoms with Crippen LogP contribution in [-0.4, -0.2) is 78.5 Å². The molecule has 3 fully saturated rings. The molecule has 1 amide bonds. The van der Waals surface area contributed by atoms with Gasteiger partial charge in [-0.3, -0.25) is 19.3 Å². The molecular weight excluding hydrogens is 669 g/mol. The maximum absolute atomic E-state index is 16.1. The number of likely N-dealkylation sites (tertiary alicyclic amines) is 2. The largest absolute Gasteiger partial charge is 0.466 e. The van der Waals surface area contributed by atoms with Gasteiger partial charge in [-0.25, -0.2) is 9.29 Å². The van der Waals surface area contributed by atoms with Gasteiger partial charge in [-0.2, -0.15) is 0 Å². The zero-order valence-corrected chi connectivity index (χ0v) is 29.8. The lowest BCUT2D eigenvalue weighted by Crippen LogP contribution is -2.69. The van der Waals surface area contributed by atoms with Crippen LogP contribution in [0.25, 0.3) is 10.1 Å². The highest BCUT2D eigenvalue weighted by atomic mass is 35.5. The Morgan fingerprint density at radius 3 is 2.47 bits per heavy atom. The number of Topliss-reactive ketones (excluding diaryl/α,β-unsaturated/α-hetero) is 1. The van der Waals surface area contributed by atoms with E-state index in [4.69, 9.17) is 25.8 Å². The number of carbonyl (C=O) groups excluding carboxylic acids is 3. The fraction of sp³-hybridized carbons (Fsp3) is 0.541. The predicted molar refractivity (Wildman–Crippen MR) is 188 cm³/mol. The number of nitrogens with one attached hydrogen (secondary N) is 1. The highest BCUT2D eigenvalue weighted by Crippen LogP contribution is 2.40. The Balaban J connectivity index is 1.27. The van der Waals surface area contributed by atoms with Gasteiger partial charge < -0.3 is 19.5 Å². The van der Waals surface area contributed by atoms with Crippen molar-refractivity contribution in [2.45, 2.75) is 89.8 Å². The van der Waals surface area contributed by atoms with Crippen LogP contribution >= 0.6 is 22.9 Å². The van der Waals surface area contributed by atoms with E-state index in [2.05, 4.69) is 10.2 Å². The first kappa shape index (κ1) is 35.9. The minimum atomic E-state index is -1.47. The molecule has 1 saturated carbocycles. The molecule has 0 spiro atoms. The molecule has 49 heavy (non-hydrogen) atoms. The van der Waals surface area contributed by atoms with Crippen molar-refractivity contribution in [3.8, 4) is 0 Å². The number of carbonyl (C=O) groups is 3. The summed E-state index contributed by atoms with van der Waals surface area (Å²) in [5.41, 5.74) is 0.737. The number of ketones is 1. The Kier molecular flexibility index (Phi) is 11.7. The van der Waals surface area contributed by atoms with E-state index in [0.717, 1.165) is 35.8 Å². The second-order valence-electron chi connectivity index (χ2n) is 13.0. The standard InChI is InChI=1S/C37H45ClFN3O6S/c1-3-46-32-12-9-21-42(32)37(41-19-7-8-20-41,48-26-16-13-24(14-17-26)36(45)47-4-2)31(43)22-25-15-18-29(33(38)34(25)39)40-35(44)28-23-49-30-11-6-5-10-27(28)30/h5-6,10-11,15,18,23-24,26,32H,3-4,7-9,12-14,16-17,19-22H2,1-2H3,(H,40,44). The SMILES string of the molecule is CCOC(=O)C1CCC(OC(C(=O)Cc2ccc(NC(=O)c3csc4ccccc34)c(Cl)c2F)(N2CCCC2)N2CCCC2OCC)CC1. The van der Waals surface area contributed by atoms with Crippen LogP contribution in [0.5, 0.6) is 0 Å². The Bertz CT molecular complexity index is 1660. The van der Waals surface area contributed by atoms with E-state index in [-0.39, 0.29) is 52.7 Å². The molecule has 2 aliphatic heterocycles. The van der Waals surface area contributed by atoms with Gasteiger partial charge in [0.15, 0.2) is 5.78 Å². The Morgan fingerprint density at radius 1 is 0.980 bits per heavy atom. The summed E-state index contributed by atoms with van der Waals surface area (Å²) in [6, 6.07) is 10.7. The molecule has 3 aliphatic rings. The van der Waals surface area contributed by atoms with E-state index < -0.39 is 17.6 Å². The molecule has 1 aromatic heterocycles. The van der Waals surface area contributed by atoms with E-state index in [1.165, 1.54) is 17.4 Å². The van der Waals surface area contributed by atoms with Gasteiger partial charge in [0.2, 0.25) is 5.85 Å². The Morgan fingerprint density at radius 2 is 1.73 bits per heavy atom. The summed E-state index contributed by atoms with van der Waals surface area (Å²) in [5.74, 6) is -3.28. The van der Waals surface area contributed by atoms with Crippen molar-refractivity contribution < 1.29 is 33.0 Å². The summed E-state index contributed by atoms with van der Waals surface area (Å²) in [5, 5.41) is 5.09. The van der Waals surface area contributed by atoms with Crippen molar-refractivity contribution in [3.05, 3.63) is 63.7 Å². The number of hydrogen-bond acceptors (Lipinski definition) is 9. The molecule has 9 nitrogen and oxygen atoms in total. The molecule has 2 unspecified atom stereocenters. The van der Waals surface area contributed by atoms with Crippen LogP contribution in [0.15, 0.2) is 41.8 Å². The molecule has 12 heteroatoms. The van der Waals surface area contributed by atoms with Crippen LogP contribution in [0.1, 0.15) is 81.1 Å². The zero-order chi connectivity index (χ0) is 34.5. The number of rotatable bonds is 13. The third kappa shape index (κ3) is 7.43. The lowest BCUT2D eigenvalue weighted by atomic mass is 9.87. The lowest BCUT2D eigenvalue weighted by molar-refractivity contribution is -0.278. The van der Waals surface area contributed by atoms with Gasteiger partial charge in [0.05, 0.1) is 29.9 Å². The van der Waals surface area contributed by atoms with Crippen molar-refractivity contribution in [2.75, 3.05) is 38.2 Å². The number of benzene rings is 2. The van der Waals surface area contributed by atoms with Crippen LogP contribution in [0.2, 0.25) is 5.02 Å². The maximum Gasteiger partial charge on any atom is 0.308 e. The highest BCUT2D eigenvalue weighted by molar-refractivity contribution is 7.17. The normalized spacial score (nSPS) is 23.1. The fourth-order valence-electron chi connectivity index (χ4n) is 7.56. The van der Waals surface area contributed by atoms with E-state index in [1.54, 1.807) is 18.4 Å². The Labute approximate surface area is 296 Å². The molecule has 264 valence electrons. The summed E-state index contributed by atoms with van der Waals surface area (Å²) >= 11 is 8.00. The van der Waals surface area contributed by atoms with E-state index in [0.29, 0.717) is 64.1 Å². The number of hydrogen-bond donors (Lipinski definition) is 1. The third-order valence-corrected chi connectivity index (χ3v) is 11.3. The van der Waals surface area contributed by atoms with Crippen LogP contribution in [0, 0.1) is 11.7 Å². The van der Waals surface area contributed by atoms with Gasteiger partial charge in [0.25, 0.3) is 5.91 Å². The zero-order valence-electron chi connectivity index (χ0n) is 28.2. The second kappa shape index (κ2) is 16.0. The number of amides is 1. The molecule has 1 N–H and O–H groups in total. The monoisotopic (exact) mass is 713 g/mol. The molecule has 1 aliphatic carbocycles. The minimum Gasteiger partial charge on any atom is -0.466 e. The van der Waals surface area contributed by atoms with Gasteiger partial charge in [0.1, 0.15) is 17.1 Å². The molecule has 3 aromatic rings. The molecule has 0 radical (unpaired) electrons. The lowest BCUT2D eigenvalue weighted by Gasteiger charge is -2.50. The molecule has 2 saturated heterocycles. The highest BCUT2D eigenvalue weighted by Gasteiger charge is 2.56. The predicted octanol–water partition coefficient (Wildman–Crippen LogP) is 7.40. The van der Waals surface area contributed by atoms with Crippen LogP contribution in [-0.2, 0) is 30.2 Å². The van der Waals surface area contributed by atoms with Crippen LogP contribution in [0.3, 0.4) is 0 Å². The van der Waals surface area contributed by atoms with Crippen molar-refractivity contribution in [2.24, 2.45) is 5.92 Å². The van der Waals surface area contributed by atoms with Gasteiger partial charge in [-0.05, 0) is 82.9 Å². The number of ether oxygens (including phenoxy) is 3. The smallest absolute Gasteiger partial charge is 0.308 e. The van der Waals surface area contributed by atoms with Crippen LogP contribution in [0.4, 0.5) is 10.1 Å². The summed E-state index contributed by atoms with van der Waals surface area (Å²) in [6.45, 7) is 6.47. The minimum absolute atomic E-state index is 0.124. The summed E-state index contributed by atoms with van der Waals surface area (Å²) < 4.78 is 35.5. The number of esters is 1. The van der Waals surface area contributed by atoms with E-state index in [9.17, 15) is 14.4 Å². The number of halogens is 2. The van der Waals surface area contributed by atoms with Crippen molar-refractivity contribution in [3.63, 3.8) is 0 Å². The fourth-order valence-corrected chi connectivity index (χ4v) is 8.73. The first-order valence-corrected chi connectivity index (χ1v) is 18.8. The molecular formula is C37H45ClFN3O6S. The van der Waals surface area contributed by atoms with Crippen molar-refractivity contribution in [1.29, 1.82) is 0 Å². The summed E-state index contributed by atoms with van der Waals surface area (Å²) in [6.07, 6.45) is 4.97.